The van der Waals surface area contributed by atoms with Gasteiger partial charge in [-0.1, -0.05) is 0 Å². The molecule has 0 aliphatic carbocycles. The lowest BCUT2D eigenvalue weighted by molar-refractivity contribution is 0.0191. The maximum absolute atomic E-state index is 5.65. The second-order valence-corrected chi connectivity index (χ2v) is 6.68. The van der Waals surface area contributed by atoms with E-state index in [4.69, 9.17) is 9.47 Å². The Morgan fingerprint density at radius 1 is 1.50 bits per heavy atom. The maximum atomic E-state index is 5.65. The van der Waals surface area contributed by atoms with Gasteiger partial charge in [-0.3, -0.25) is 0 Å². The van der Waals surface area contributed by atoms with Crippen molar-refractivity contribution in [1.82, 2.24) is 15.6 Å². The second kappa shape index (κ2) is 10.5. The Balaban J connectivity index is 1.69. The SMILES string of the molecule is CCNC(=NCc1csc(N(C)C)n1)NCCOCC1CCCO1. The summed E-state index contributed by atoms with van der Waals surface area (Å²) in [6.07, 6.45) is 2.54. The lowest BCUT2D eigenvalue weighted by atomic mass is 10.2. The van der Waals surface area contributed by atoms with Crippen LogP contribution in [0.2, 0.25) is 0 Å². The van der Waals surface area contributed by atoms with Gasteiger partial charge in [-0.25, -0.2) is 9.98 Å². The zero-order chi connectivity index (χ0) is 17.2. The molecule has 2 heterocycles. The van der Waals surface area contributed by atoms with Crippen LogP contribution in [0.4, 0.5) is 5.13 Å². The van der Waals surface area contributed by atoms with E-state index in [1.807, 2.05) is 24.4 Å². The van der Waals surface area contributed by atoms with Gasteiger partial charge in [-0.15, -0.1) is 11.3 Å². The molecular formula is C16H29N5O2S. The number of ether oxygens (including phenoxy) is 2. The van der Waals surface area contributed by atoms with Crippen LogP contribution in [-0.2, 0) is 16.0 Å². The standard InChI is InChI=1S/C16H29N5O2S/c1-4-17-15(18-7-9-22-11-14-6-5-8-23-14)19-10-13-12-24-16(20-13)21(2)3/h12,14H,4-11H2,1-3H3,(H2,17,18,19). The van der Waals surface area contributed by atoms with Gasteiger partial charge in [0.2, 0.25) is 0 Å². The number of aromatic nitrogens is 1. The molecule has 1 aliphatic heterocycles. The average Bonchev–Trinajstić information content (AvgIpc) is 3.23. The Hall–Kier alpha value is -1.38. The summed E-state index contributed by atoms with van der Waals surface area (Å²) >= 11 is 1.63. The zero-order valence-electron chi connectivity index (χ0n) is 14.9. The highest BCUT2D eigenvalue weighted by molar-refractivity contribution is 7.13. The third kappa shape index (κ3) is 6.62. The molecule has 2 rings (SSSR count). The second-order valence-electron chi connectivity index (χ2n) is 5.85. The van der Waals surface area contributed by atoms with Crippen LogP contribution >= 0.6 is 11.3 Å². The Labute approximate surface area is 148 Å². The normalized spacial score (nSPS) is 18.0. The van der Waals surface area contributed by atoms with Crippen molar-refractivity contribution < 1.29 is 9.47 Å². The minimum Gasteiger partial charge on any atom is -0.377 e. The first-order valence-corrected chi connectivity index (χ1v) is 9.40. The number of hydrogen-bond acceptors (Lipinski definition) is 6. The minimum atomic E-state index is 0.280. The van der Waals surface area contributed by atoms with Crippen molar-refractivity contribution in [3.63, 3.8) is 0 Å². The molecule has 0 radical (unpaired) electrons. The lowest BCUT2D eigenvalue weighted by Crippen LogP contribution is -2.39. The largest absolute Gasteiger partial charge is 0.377 e. The van der Waals surface area contributed by atoms with E-state index in [1.54, 1.807) is 11.3 Å². The number of anilines is 1. The van der Waals surface area contributed by atoms with Crippen LogP contribution in [-0.4, -0.2) is 64.1 Å². The van der Waals surface area contributed by atoms with Crippen LogP contribution in [0.3, 0.4) is 0 Å². The van der Waals surface area contributed by atoms with Gasteiger partial charge < -0.3 is 25.0 Å². The number of thiazole rings is 1. The molecule has 0 saturated carbocycles. The smallest absolute Gasteiger partial charge is 0.191 e. The molecule has 1 saturated heterocycles. The van der Waals surface area contributed by atoms with Crippen molar-refractivity contribution in [2.75, 3.05) is 51.9 Å². The Kier molecular flexibility index (Phi) is 8.27. The van der Waals surface area contributed by atoms with Crippen LogP contribution in [0.5, 0.6) is 0 Å². The zero-order valence-corrected chi connectivity index (χ0v) is 15.7. The van der Waals surface area contributed by atoms with E-state index in [1.165, 1.54) is 0 Å². The molecule has 1 aliphatic rings. The molecule has 0 bridgehead atoms. The fraction of sp³-hybridized carbons (Fsp3) is 0.750. The van der Waals surface area contributed by atoms with E-state index in [9.17, 15) is 0 Å². The summed E-state index contributed by atoms with van der Waals surface area (Å²) in [5, 5.41) is 9.57. The number of hydrogen-bond donors (Lipinski definition) is 2. The summed E-state index contributed by atoms with van der Waals surface area (Å²) in [6, 6.07) is 0. The Morgan fingerprint density at radius 3 is 3.04 bits per heavy atom. The monoisotopic (exact) mass is 355 g/mol. The molecular weight excluding hydrogens is 326 g/mol. The fourth-order valence-corrected chi connectivity index (χ4v) is 3.06. The van der Waals surface area contributed by atoms with Crippen molar-refractivity contribution in [2.24, 2.45) is 4.99 Å². The van der Waals surface area contributed by atoms with Crippen molar-refractivity contribution in [3.8, 4) is 0 Å². The van der Waals surface area contributed by atoms with E-state index < -0.39 is 0 Å². The van der Waals surface area contributed by atoms with Crippen LogP contribution < -0.4 is 15.5 Å². The van der Waals surface area contributed by atoms with Crippen LogP contribution in [0.25, 0.3) is 0 Å². The molecule has 0 aromatic carbocycles. The van der Waals surface area contributed by atoms with E-state index in [0.29, 0.717) is 19.8 Å². The molecule has 1 fully saturated rings. The van der Waals surface area contributed by atoms with Gasteiger partial charge in [0.05, 0.1) is 31.6 Å². The van der Waals surface area contributed by atoms with Gasteiger partial charge >= 0.3 is 0 Å². The van der Waals surface area contributed by atoms with E-state index >= 15 is 0 Å². The summed E-state index contributed by atoms with van der Waals surface area (Å²) in [5.74, 6) is 0.789. The number of aliphatic imine (C=N–C) groups is 1. The summed E-state index contributed by atoms with van der Waals surface area (Å²) in [7, 11) is 3.99. The van der Waals surface area contributed by atoms with E-state index in [0.717, 1.165) is 49.3 Å². The first kappa shape index (κ1) is 19.0. The first-order chi connectivity index (χ1) is 11.7. The summed E-state index contributed by atoms with van der Waals surface area (Å²) < 4.78 is 11.2. The number of nitrogens with zero attached hydrogens (tertiary/aromatic N) is 3. The third-order valence-corrected chi connectivity index (χ3v) is 4.59. The molecule has 1 unspecified atom stereocenters. The molecule has 1 atom stereocenters. The van der Waals surface area contributed by atoms with Crippen molar-refractivity contribution in [2.45, 2.75) is 32.4 Å². The van der Waals surface area contributed by atoms with Gasteiger partial charge in [0.1, 0.15) is 0 Å². The molecule has 1 aromatic heterocycles. The summed E-state index contributed by atoms with van der Waals surface area (Å²) in [6.45, 7) is 6.36. The molecule has 0 spiro atoms. The van der Waals surface area contributed by atoms with Crippen molar-refractivity contribution >= 4 is 22.4 Å². The predicted octanol–water partition coefficient (Wildman–Crippen LogP) is 1.46. The molecule has 1 aromatic rings. The highest BCUT2D eigenvalue weighted by Crippen LogP contribution is 2.18. The van der Waals surface area contributed by atoms with Crippen LogP contribution in [0, 0.1) is 0 Å². The Morgan fingerprint density at radius 2 is 2.38 bits per heavy atom. The molecule has 7 nitrogen and oxygen atoms in total. The lowest BCUT2D eigenvalue weighted by Gasteiger charge is -2.13. The molecule has 24 heavy (non-hydrogen) atoms. The van der Waals surface area contributed by atoms with Gasteiger partial charge in [-0.2, -0.15) is 0 Å². The average molecular weight is 356 g/mol. The maximum Gasteiger partial charge on any atom is 0.191 e. The van der Waals surface area contributed by atoms with Crippen LogP contribution in [0.1, 0.15) is 25.5 Å². The van der Waals surface area contributed by atoms with Crippen molar-refractivity contribution in [1.29, 1.82) is 0 Å². The first-order valence-electron chi connectivity index (χ1n) is 8.52. The van der Waals surface area contributed by atoms with E-state index in [-0.39, 0.29) is 6.10 Å². The number of rotatable bonds is 9. The van der Waals surface area contributed by atoms with Gasteiger partial charge in [0, 0.05) is 39.2 Å². The Bertz CT molecular complexity index is 500. The summed E-state index contributed by atoms with van der Waals surface area (Å²) in [4.78, 5) is 11.1. The van der Waals surface area contributed by atoms with Gasteiger partial charge in [0.15, 0.2) is 11.1 Å². The van der Waals surface area contributed by atoms with Crippen molar-refractivity contribution in [3.05, 3.63) is 11.1 Å². The minimum absolute atomic E-state index is 0.280. The fourth-order valence-electron chi connectivity index (χ4n) is 2.31. The molecule has 136 valence electrons. The van der Waals surface area contributed by atoms with Crippen LogP contribution in [0.15, 0.2) is 10.4 Å². The quantitative estimate of drug-likeness (QED) is 0.397. The number of guanidine groups is 1. The summed E-state index contributed by atoms with van der Waals surface area (Å²) in [5.41, 5.74) is 0.982. The number of nitrogens with one attached hydrogen (secondary N) is 2. The molecule has 8 heteroatoms. The topological polar surface area (TPSA) is 71.0 Å². The van der Waals surface area contributed by atoms with Gasteiger partial charge in [-0.05, 0) is 19.8 Å². The highest BCUT2D eigenvalue weighted by atomic mass is 32.1. The van der Waals surface area contributed by atoms with E-state index in [2.05, 4.69) is 27.5 Å². The third-order valence-electron chi connectivity index (χ3n) is 3.53. The molecule has 2 N–H and O–H groups in total. The van der Waals surface area contributed by atoms with Gasteiger partial charge in [0.25, 0.3) is 0 Å². The highest BCUT2D eigenvalue weighted by Gasteiger charge is 2.14. The predicted molar refractivity (Wildman–Crippen MR) is 99.1 cm³/mol. The molecule has 0 amide bonds.